The van der Waals surface area contributed by atoms with E-state index in [9.17, 15) is 14.7 Å². The second-order valence-corrected chi connectivity index (χ2v) is 7.81. The number of aliphatic carboxylic acids is 1. The van der Waals surface area contributed by atoms with Gasteiger partial charge in [0, 0.05) is 6.54 Å². The summed E-state index contributed by atoms with van der Waals surface area (Å²) in [4.78, 5) is 26.8. The van der Waals surface area contributed by atoms with Crippen LogP contribution in [0, 0.1) is 5.92 Å². The molecule has 0 spiro atoms. The fraction of sp³-hybridized carbons (Fsp3) is 0.417. The number of carbonyl (C=O) groups excluding carboxylic acids is 1. The average Bonchev–Trinajstić information content (AvgIpc) is 2.80. The molecule has 7 nitrogen and oxygen atoms in total. The van der Waals surface area contributed by atoms with E-state index in [4.69, 9.17) is 9.47 Å². The van der Waals surface area contributed by atoms with Gasteiger partial charge in [0.25, 0.3) is 0 Å². The minimum atomic E-state index is -1.03. The average molecular weight is 427 g/mol. The predicted octanol–water partition coefficient (Wildman–Crippen LogP) is 3.86. The van der Waals surface area contributed by atoms with Crippen molar-refractivity contribution in [1.82, 2.24) is 10.2 Å². The minimum absolute atomic E-state index is 0.182. The number of nitrogens with one attached hydrogen (secondary N) is 1. The van der Waals surface area contributed by atoms with Crippen LogP contribution in [0.15, 0.2) is 42.5 Å². The summed E-state index contributed by atoms with van der Waals surface area (Å²) in [7, 11) is 3.18. The largest absolute Gasteiger partial charge is 0.493 e. The molecule has 31 heavy (non-hydrogen) atoms. The van der Waals surface area contributed by atoms with Crippen LogP contribution in [-0.2, 0) is 11.2 Å². The van der Waals surface area contributed by atoms with Crippen LogP contribution in [0.25, 0.3) is 0 Å². The number of carboxylic acids is 1. The van der Waals surface area contributed by atoms with E-state index in [1.807, 2.05) is 56.3 Å². The molecule has 166 valence electrons. The summed E-state index contributed by atoms with van der Waals surface area (Å²) >= 11 is 0. The van der Waals surface area contributed by atoms with Crippen molar-refractivity contribution in [3.05, 3.63) is 59.2 Å². The van der Waals surface area contributed by atoms with E-state index in [0.29, 0.717) is 30.9 Å². The van der Waals surface area contributed by atoms with E-state index in [-0.39, 0.29) is 18.0 Å². The SMILES string of the molecule is CC[C@@H](C)[C@H](NC(=O)N1CCc2cc(OC)c(OC)cc2C1c1ccccc1)C(=O)O. The fourth-order valence-corrected chi connectivity index (χ4v) is 4.06. The van der Waals surface area contributed by atoms with Crippen LogP contribution < -0.4 is 14.8 Å². The number of methoxy groups -OCH3 is 2. The molecule has 2 amide bonds. The van der Waals surface area contributed by atoms with Crippen molar-refractivity contribution in [3.63, 3.8) is 0 Å². The summed E-state index contributed by atoms with van der Waals surface area (Å²) in [6.07, 6.45) is 1.28. The second-order valence-electron chi connectivity index (χ2n) is 7.81. The lowest BCUT2D eigenvalue weighted by Gasteiger charge is -2.39. The summed E-state index contributed by atoms with van der Waals surface area (Å²) in [6, 6.07) is 11.9. The smallest absolute Gasteiger partial charge is 0.326 e. The standard InChI is InChI=1S/C24H30N2O5/c1-5-15(2)21(23(27)28)25-24(29)26-12-11-17-13-19(30-3)20(31-4)14-18(17)22(26)16-9-7-6-8-10-16/h6-10,13-15,21-22H,5,11-12H2,1-4H3,(H,25,29)(H,27,28)/t15-,21+,22?/m1/s1. The Morgan fingerprint density at radius 2 is 1.81 bits per heavy atom. The Bertz CT molecular complexity index is 931. The summed E-state index contributed by atoms with van der Waals surface area (Å²) in [6.45, 7) is 4.20. The number of amides is 2. The highest BCUT2D eigenvalue weighted by atomic mass is 16.5. The number of benzene rings is 2. The van der Waals surface area contributed by atoms with Gasteiger partial charge in [0.15, 0.2) is 11.5 Å². The molecule has 3 rings (SSSR count). The quantitative estimate of drug-likeness (QED) is 0.702. The third kappa shape index (κ3) is 4.60. The van der Waals surface area contributed by atoms with Crippen LogP contribution in [-0.4, -0.2) is 48.8 Å². The molecule has 0 radical (unpaired) electrons. The van der Waals surface area contributed by atoms with Gasteiger partial charge in [0.1, 0.15) is 6.04 Å². The lowest BCUT2D eigenvalue weighted by Crippen LogP contribution is -2.53. The van der Waals surface area contributed by atoms with Crippen molar-refractivity contribution in [2.75, 3.05) is 20.8 Å². The minimum Gasteiger partial charge on any atom is -0.493 e. The molecule has 0 saturated carbocycles. The first-order valence-corrected chi connectivity index (χ1v) is 10.5. The normalized spacial score (nSPS) is 17.3. The maximum absolute atomic E-state index is 13.3. The van der Waals surface area contributed by atoms with E-state index in [1.54, 1.807) is 19.1 Å². The van der Waals surface area contributed by atoms with Crippen molar-refractivity contribution in [1.29, 1.82) is 0 Å². The third-order valence-electron chi connectivity index (χ3n) is 6.01. The number of carbonyl (C=O) groups is 2. The Morgan fingerprint density at radius 1 is 1.16 bits per heavy atom. The van der Waals surface area contributed by atoms with Crippen molar-refractivity contribution < 1.29 is 24.2 Å². The van der Waals surface area contributed by atoms with E-state index >= 15 is 0 Å². The van der Waals surface area contributed by atoms with Crippen LogP contribution in [0.1, 0.15) is 43.0 Å². The van der Waals surface area contributed by atoms with E-state index < -0.39 is 12.0 Å². The van der Waals surface area contributed by atoms with E-state index in [2.05, 4.69) is 5.32 Å². The van der Waals surface area contributed by atoms with Crippen LogP contribution in [0.3, 0.4) is 0 Å². The number of ether oxygens (including phenoxy) is 2. The molecule has 1 aliphatic heterocycles. The van der Waals surface area contributed by atoms with Gasteiger partial charge in [-0.2, -0.15) is 0 Å². The molecule has 3 atom stereocenters. The Balaban J connectivity index is 2.03. The predicted molar refractivity (Wildman–Crippen MR) is 118 cm³/mol. The zero-order valence-electron chi connectivity index (χ0n) is 18.4. The maximum Gasteiger partial charge on any atom is 0.326 e. The van der Waals surface area contributed by atoms with Crippen molar-refractivity contribution in [2.24, 2.45) is 5.92 Å². The van der Waals surface area contributed by atoms with Crippen LogP contribution in [0.2, 0.25) is 0 Å². The first-order valence-electron chi connectivity index (χ1n) is 10.5. The number of hydrogen-bond acceptors (Lipinski definition) is 4. The topological polar surface area (TPSA) is 88.1 Å². The van der Waals surface area contributed by atoms with Gasteiger partial charge in [-0.05, 0) is 41.2 Å². The second kappa shape index (κ2) is 9.73. The molecule has 2 aromatic carbocycles. The van der Waals surface area contributed by atoms with Crippen molar-refractivity contribution >= 4 is 12.0 Å². The zero-order chi connectivity index (χ0) is 22.5. The van der Waals surface area contributed by atoms with Crippen LogP contribution in [0.5, 0.6) is 11.5 Å². The summed E-state index contributed by atoms with van der Waals surface area (Å²) in [5.41, 5.74) is 2.97. The highest BCUT2D eigenvalue weighted by Gasteiger charge is 2.35. The maximum atomic E-state index is 13.3. The third-order valence-corrected chi connectivity index (χ3v) is 6.01. The Hall–Kier alpha value is -3.22. The summed E-state index contributed by atoms with van der Waals surface area (Å²) in [5.74, 6) is 0.0296. The Morgan fingerprint density at radius 3 is 2.39 bits per heavy atom. The van der Waals surface area contributed by atoms with Gasteiger partial charge in [0.2, 0.25) is 0 Å². The number of rotatable bonds is 7. The summed E-state index contributed by atoms with van der Waals surface area (Å²) in [5, 5.41) is 12.4. The highest BCUT2D eigenvalue weighted by molar-refractivity contribution is 5.83. The lowest BCUT2D eigenvalue weighted by molar-refractivity contribution is -0.140. The highest BCUT2D eigenvalue weighted by Crippen LogP contribution is 2.41. The number of urea groups is 1. The zero-order valence-corrected chi connectivity index (χ0v) is 18.4. The molecule has 1 aliphatic rings. The van der Waals surface area contributed by atoms with Gasteiger partial charge in [-0.1, -0.05) is 50.6 Å². The van der Waals surface area contributed by atoms with Gasteiger partial charge < -0.3 is 24.8 Å². The van der Waals surface area contributed by atoms with E-state index in [1.165, 1.54) is 0 Å². The van der Waals surface area contributed by atoms with Crippen molar-refractivity contribution in [2.45, 2.75) is 38.8 Å². The monoisotopic (exact) mass is 426 g/mol. The van der Waals surface area contributed by atoms with Gasteiger partial charge in [-0.25, -0.2) is 9.59 Å². The molecule has 0 aromatic heterocycles. The molecule has 0 fully saturated rings. The van der Waals surface area contributed by atoms with Gasteiger partial charge >= 0.3 is 12.0 Å². The molecule has 2 aromatic rings. The van der Waals surface area contributed by atoms with Crippen LogP contribution >= 0.6 is 0 Å². The molecule has 0 bridgehead atoms. The fourth-order valence-electron chi connectivity index (χ4n) is 4.06. The number of hydrogen-bond donors (Lipinski definition) is 2. The molecule has 0 aliphatic carbocycles. The first-order chi connectivity index (χ1) is 14.9. The molecule has 0 saturated heterocycles. The Kier molecular flexibility index (Phi) is 7.05. The number of carboxylic acid groups (broad SMARTS) is 1. The van der Waals surface area contributed by atoms with Gasteiger partial charge in [-0.15, -0.1) is 0 Å². The number of fused-ring (bicyclic) bond motifs is 1. The molecule has 2 N–H and O–H groups in total. The Labute approximate surface area is 183 Å². The van der Waals surface area contributed by atoms with Gasteiger partial charge in [-0.3, -0.25) is 0 Å². The van der Waals surface area contributed by atoms with E-state index in [0.717, 1.165) is 16.7 Å². The molecule has 1 unspecified atom stereocenters. The van der Waals surface area contributed by atoms with Crippen molar-refractivity contribution in [3.8, 4) is 11.5 Å². The molecular weight excluding hydrogens is 396 g/mol. The summed E-state index contributed by atoms with van der Waals surface area (Å²) < 4.78 is 11.0. The molecule has 1 heterocycles. The number of nitrogens with zero attached hydrogens (tertiary/aromatic N) is 1. The lowest BCUT2D eigenvalue weighted by atomic mass is 9.87. The first kappa shape index (κ1) is 22.5. The van der Waals surface area contributed by atoms with Gasteiger partial charge in [0.05, 0.1) is 20.3 Å². The molecule has 7 heteroatoms. The van der Waals surface area contributed by atoms with Crippen LogP contribution in [0.4, 0.5) is 4.79 Å². The molecular formula is C24H30N2O5.